The van der Waals surface area contributed by atoms with Crippen molar-refractivity contribution >= 4 is 11.9 Å². The van der Waals surface area contributed by atoms with Crippen molar-refractivity contribution in [1.29, 1.82) is 0 Å². The van der Waals surface area contributed by atoms with Crippen LogP contribution in [0.3, 0.4) is 0 Å². The second-order valence-corrected chi connectivity index (χ2v) is 5.81. The number of carboxylic acid groups (broad SMARTS) is 1. The smallest absolute Gasteiger partial charge is 0.308 e. The second kappa shape index (κ2) is 7.79. The molecule has 1 amide bonds. The molecule has 0 saturated carbocycles. The third-order valence-electron chi connectivity index (χ3n) is 4.14. The maximum Gasteiger partial charge on any atom is 0.308 e. The van der Waals surface area contributed by atoms with Crippen molar-refractivity contribution in [2.75, 3.05) is 7.11 Å². The van der Waals surface area contributed by atoms with Crippen molar-refractivity contribution in [2.45, 2.75) is 19.9 Å². The maximum atomic E-state index is 14.3. The van der Waals surface area contributed by atoms with Gasteiger partial charge >= 0.3 is 5.97 Å². The molecule has 0 fully saturated rings. The van der Waals surface area contributed by atoms with Gasteiger partial charge in [-0.05, 0) is 49.2 Å². The van der Waals surface area contributed by atoms with E-state index in [1.54, 1.807) is 44.4 Å². The van der Waals surface area contributed by atoms with Crippen LogP contribution in [-0.4, -0.2) is 30.1 Å². The van der Waals surface area contributed by atoms with Crippen LogP contribution in [0.5, 0.6) is 5.75 Å². The molecule has 0 saturated heterocycles. The zero-order chi connectivity index (χ0) is 18.6. The lowest BCUT2D eigenvalue weighted by atomic mass is 10.0. The quantitative estimate of drug-likeness (QED) is 0.842. The van der Waals surface area contributed by atoms with Gasteiger partial charge in [-0.3, -0.25) is 9.59 Å². The van der Waals surface area contributed by atoms with Crippen molar-refractivity contribution < 1.29 is 23.8 Å². The predicted octanol–water partition coefficient (Wildman–Crippen LogP) is 3.34. The summed E-state index contributed by atoms with van der Waals surface area (Å²) in [5.74, 6) is -2.41. The van der Waals surface area contributed by atoms with Crippen LogP contribution in [-0.2, 0) is 4.79 Å². The average molecular weight is 345 g/mol. The van der Waals surface area contributed by atoms with Crippen LogP contribution in [0.1, 0.15) is 24.2 Å². The number of aliphatic carboxylic acids is 1. The van der Waals surface area contributed by atoms with E-state index >= 15 is 0 Å². The topological polar surface area (TPSA) is 75.6 Å². The zero-order valence-electron chi connectivity index (χ0n) is 14.2. The van der Waals surface area contributed by atoms with E-state index in [-0.39, 0.29) is 5.56 Å². The molecule has 2 N–H and O–H groups in total. The van der Waals surface area contributed by atoms with Gasteiger partial charge in [0.15, 0.2) is 0 Å². The Bertz CT molecular complexity index is 773. The second-order valence-electron chi connectivity index (χ2n) is 5.81. The van der Waals surface area contributed by atoms with Gasteiger partial charge in [-0.25, -0.2) is 4.39 Å². The molecule has 5 nitrogen and oxygen atoms in total. The fraction of sp³-hybridized carbons (Fsp3) is 0.263. The Kier molecular flexibility index (Phi) is 5.75. The molecule has 6 heteroatoms. The number of carboxylic acids is 1. The predicted molar refractivity (Wildman–Crippen MR) is 92.1 cm³/mol. The lowest BCUT2D eigenvalue weighted by Crippen LogP contribution is -2.40. The van der Waals surface area contributed by atoms with E-state index in [1.807, 2.05) is 0 Å². The average Bonchev–Trinajstić information content (AvgIpc) is 2.60. The summed E-state index contributed by atoms with van der Waals surface area (Å²) in [6, 6.07) is 10.8. The van der Waals surface area contributed by atoms with Gasteiger partial charge in [-0.2, -0.15) is 0 Å². The highest BCUT2D eigenvalue weighted by atomic mass is 19.1. The van der Waals surface area contributed by atoms with Crippen LogP contribution in [0.4, 0.5) is 4.39 Å². The Morgan fingerprint density at radius 3 is 2.20 bits per heavy atom. The molecule has 132 valence electrons. The zero-order valence-corrected chi connectivity index (χ0v) is 14.2. The lowest BCUT2D eigenvalue weighted by Gasteiger charge is -2.18. The van der Waals surface area contributed by atoms with Crippen molar-refractivity contribution in [1.82, 2.24) is 5.32 Å². The van der Waals surface area contributed by atoms with Crippen LogP contribution in [0.2, 0.25) is 0 Å². The minimum Gasteiger partial charge on any atom is -0.497 e. The standard InChI is InChI=1S/C19H20FNO4/c1-11(19(23)24)12(2)21-18(22)16-9-6-14(10-17(16)20)13-4-7-15(25-3)8-5-13/h4-12H,1-3H3,(H,21,22)(H,23,24). The van der Waals surface area contributed by atoms with E-state index in [0.717, 1.165) is 5.56 Å². The molecule has 2 rings (SSSR count). The number of methoxy groups -OCH3 is 1. The molecule has 0 aliphatic carbocycles. The number of nitrogens with one attached hydrogen (secondary N) is 1. The maximum absolute atomic E-state index is 14.3. The lowest BCUT2D eigenvalue weighted by molar-refractivity contribution is -0.141. The van der Waals surface area contributed by atoms with Gasteiger partial charge in [-0.15, -0.1) is 0 Å². The van der Waals surface area contributed by atoms with Crippen LogP contribution < -0.4 is 10.1 Å². The Hall–Kier alpha value is -2.89. The van der Waals surface area contributed by atoms with Crippen LogP contribution in [0, 0.1) is 11.7 Å². The van der Waals surface area contributed by atoms with Crippen LogP contribution in [0.15, 0.2) is 42.5 Å². The largest absolute Gasteiger partial charge is 0.497 e. The molecule has 0 heterocycles. The highest BCUT2D eigenvalue weighted by Gasteiger charge is 2.22. The normalized spacial score (nSPS) is 13.0. The molecule has 0 aromatic heterocycles. The number of hydrogen-bond donors (Lipinski definition) is 2. The van der Waals surface area contributed by atoms with Crippen molar-refractivity contribution in [2.24, 2.45) is 5.92 Å². The summed E-state index contributed by atoms with van der Waals surface area (Å²) in [5, 5.41) is 11.5. The first-order valence-corrected chi connectivity index (χ1v) is 7.81. The van der Waals surface area contributed by atoms with E-state index in [2.05, 4.69) is 5.32 Å². The number of hydrogen-bond acceptors (Lipinski definition) is 3. The molecule has 2 aromatic carbocycles. The molecular formula is C19H20FNO4. The fourth-order valence-electron chi connectivity index (χ4n) is 2.29. The number of carbonyl (C=O) groups is 2. The molecule has 2 atom stereocenters. The molecule has 2 aromatic rings. The fourth-order valence-corrected chi connectivity index (χ4v) is 2.29. The Labute approximate surface area is 145 Å². The van der Waals surface area contributed by atoms with E-state index in [0.29, 0.717) is 11.3 Å². The Morgan fingerprint density at radius 1 is 1.08 bits per heavy atom. The van der Waals surface area contributed by atoms with Gasteiger partial charge in [0.25, 0.3) is 5.91 Å². The molecule has 0 radical (unpaired) electrons. The van der Waals surface area contributed by atoms with E-state index in [1.165, 1.54) is 19.1 Å². The summed E-state index contributed by atoms with van der Waals surface area (Å²) < 4.78 is 19.4. The summed E-state index contributed by atoms with van der Waals surface area (Å²) in [7, 11) is 1.56. The monoisotopic (exact) mass is 345 g/mol. The Morgan fingerprint density at radius 2 is 1.68 bits per heavy atom. The van der Waals surface area contributed by atoms with Crippen molar-refractivity contribution in [3.63, 3.8) is 0 Å². The van der Waals surface area contributed by atoms with E-state index < -0.39 is 29.7 Å². The number of benzene rings is 2. The van der Waals surface area contributed by atoms with Crippen molar-refractivity contribution in [3.8, 4) is 16.9 Å². The van der Waals surface area contributed by atoms with Crippen LogP contribution in [0.25, 0.3) is 11.1 Å². The molecule has 0 aliphatic heterocycles. The van der Waals surface area contributed by atoms with Gasteiger partial charge < -0.3 is 15.2 Å². The van der Waals surface area contributed by atoms with Gasteiger partial charge in [-0.1, -0.05) is 18.2 Å². The molecule has 0 spiro atoms. The van der Waals surface area contributed by atoms with Crippen molar-refractivity contribution in [3.05, 3.63) is 53.8 Å². The number of carbonyl (C=O) groups excluding carboxylic acids is 1. The van der Waals surface area contributed by atoms with Gasteiger partial charge in [0, 0.05) is 6.04 Å². The third kappa shape index (κ3) is 4.35. The van der Waals surface area contributed by atoms with E-state index in [4.69, 9.17) is 9.84 Å². The number of ether oxygens (including phenoxy) is 1. The highest BCUT2D eigenvalue weighted by Crippen LogP contribution is 2.24. The van der Waals surface area contributed by atoms with E-state index in [9.17, 15) is 14.0 Å². The van der Waals surface area contributed by atoms with Gasteiger partial charge in [0.2, 0.25) is 0 Å². The Balaban J connectivity index is 2.18. The van der Waals surface area contributed by atoms with Gasteiger partial charge in [0.1, 0.15) is 11.6 Å². The third-order valence-corrected chi connectivity index (χ3v) is 4.14. The molecular weight excluding hydrogens is 325 g/mol. The summed E-state index contributed by atoms with van der Waals surface area (Å²) in [6.07, 6.45) is 0. The summed E-state index contributed by atoms with van der Waals surface area (Å²) >= 11 is 0. The molecule has 25 heavy (non-hydrogen) atoms. The number of amides is 1. The minimum atomic E-state index is -1.02. The molecule has 0 aliphatic rings. The van der Waals surface area contributed by atoms with Crippen LogP contribution >= 0.6 is 0 Å². The number of halogens is 1. The summed E-state index contributed by atoms with van der Waals surface area (Å²) in [6.45, 7) is 3.05. The SMILES string of the molecule is COc1ccc(-c2ccc(C(=O)NC(C)C(C)C(=O)O)c(F)c2)cc1. The molecule has 0 bridgehead atoms. The van der Waals surface area contributed by atoms with Gasteiger partial charge in [0.05, 0.1) is 18.6 Å². The highest BCUT2D eigenvalue weighted by molar-refractivity contribution is 5.95. The number of rotatable bonds is 6. The first-order valence-electron chi connectivity index (χ1n) is 7.81. The first kappa shape index (κ1) is 18.4. The summed E-state index contributed by atoms with van der Waals surface area (Å²) in [5.41, 5.74) is 1.30. The molecule has 2 unspecified atom stereocenters. The summed E-state index contributed by atoms with van der Waals surface area (Å²) in [4.78, 5) is 23.1. The first-order chi connectivity index (χ1) is 11.8. The minimum absolute atomic E-state index is 0.123.